The van der Waals surface area contributed by atoms with Crippen LogP contribution in [-0.4, -0.2) is 25.1 Å². The second kappa shape index (κ2) is 11.5. The Kier molecular flexibility index (Phi) is 8.10. The zero-order chi connectivity index (χ0) is 28.2. The average molecular weight is 562 g/mol. The van der Waals surface area contributed by atoms with E-state index in [0.717, 1.165) is 6.07 Å². The zero-order valence-electron chi connectivity index (χ0n) is 20.1. The van der Waals surface area contributed by atoms with E-state index in [4.69, 9.17) is 30.2 Å². The van der Waals surface area contributed by atoms with Crippen molar-refractivity contribution in [3.63, 3.8) is 0 Å². The molecular weight excluding hydrogens is 543 g/mol. The smallest absolute Gasteiger partial charge is 0.453 e. The maximum atomic E-state index is 13.8. The standard InChI is InChI=1S/C27H19ClF3NO7/c1-2-36-26(35)15-7-9-16(10-8-15)32-22(33)14-37-17-11-12-18-21(13-17)39-25(27(29,30)31)24(23(18)34)38-20-6-4-3-5-19(20)28/h3-13H,2,14H2,1H3,(H,32,33). The predicted molar refractivity (Wildman–Crippen MR) is 136 cm³/mol. The number of anilines is 1. The van der Waals surface area contributed by atoms with Crippen molar-refractivity contribution < 1.29 is 41.4 Å². The highest BCUT2D eigenvalue weighted by Crippen LogP contribution is 2.39. The Hall–Kier alpha value is -4.51. The molecule has 0 aliphatic rings. The maximum absolute atomic E-state index is 13.8. The fourth-order valence-electron chi connectivity index (χ4n) is 3.41. The summed E-state index contributed by atoms with van der Waals surface area (Å²) in [5.41, 5.74) is -0.810. The molecule has 0 aliphatic carbocycles. The number of esters is 1. The highest BCUT2D eigenvalue weighted by atomic mass is 35.5. The fourth-order valence-corrected chi connectivity index (χ4v) is 3.59. The number of hydrogen-bond acceptors (Lipinski definition) is 7. The number of carbonyl (C=O) groups excluding carboxylic acids is 2. The number of alkyl halides is 3. The molecule has 1 N–H and O–H groups in total. The molecule has 12 heteroatoms. The van der Waals surface area contributed by atoms with Crippen LogP contribution in [0.15, 0.2) is 75.9 Å². The van der Waals surface area contributed by atoms with Crippen molar-refractivity contribution in [1.29, 1.82) is 0 Å². The summed E-state index contributed by atoms with van der Waals surface area (Å²) in [6, 6.07) is 15.2. The summed E-state index contributed by atoms with van der Waals surface area (Å²) < 4.78 is 61.8. The summed E-state index contributed by atoms with van der Waals surface area (Å²) >= 11 is 5.97. The van der Waals surface area contributed by atoms with Gasteiger partial charge < -0.3 is 23.9 Å². The van der Waals surface area contributed by atoms with Crippen LogP contribution >= 0.6 is 11.6 Å². The van der Waals surface area contributed by atoms with Crippen LogP contribution in [0.4, 0.5) is 18.9 Å². The summed E-state index contributed by atoms with van der Waals surface area (Å²) in [5.74, 6) is -3.98. The van der Waals surface area contributed by atoms with Crippen LogP contribution in [0.5, 0.6) is 17.2 Å². The van der Waals surface area contributed by atoms with E-state index >= 15 is 0 Å². The lowest BCUT2D eigenvalue weighted by molar-refractivity contribution is -0.154. The Balaban J connectivity index is 1.52. The lowest BCUT2D eigenvalue weighted by Crippen LogP contribution is -2.20. The van der Waals surface area contributed by atoms with Crippen molar-refractivity contribution in [1.82, 2.24) is 0 Å². The van der Waals surface area contributed by atoms with Gasteiger partial charge in [-0.2, -0.15) is 13.2 Å². The van der Waals surface area contributed by atoms with Crippen LogP contribution in [-0.2, 0) is 15.7 Å². The van der Waals surface area contributed by atoms with Gasteiger partial charge in [0.2, 0.25) is 11.2 Å². The molecule has 8 nitrogen and oxygen atoms in total. The molecule has 39 heavy (non-hydrogen) atoms. The van der Waals surface area contributed by atoms with Gasteiger partial charge in [0.15, 0.2) is 6.61 Å². The first-order valence-electron chi connectivity index (χ1n) is 11.4. The number of para-hydroxylation sites is 1. The second-order valence-electron chi connectivity index (χ2n) is 7.91. The van der Waals surface area contributed by atoms with E-state index in [-0.39, 0.29) is 28.5 Å². The molecule has 0 spiro atoms. The van der Waals surface area contributed by atoms with Crippen molar-refractivity contribution >= 4 is 40.1 Å². The fraction of sp³-hybridized carbons (Fsp3) is 0.148. The summed E-state index contributed by atoms with van der Waals surface area (Å²) in [6.45, 7) is 1.40. The van der Waals surface area contributed by atoms with Crippen LogP contribution in [0.2, 0.25) is 5.02 Å². The van der Waals surface area contributed by atoms with Gasteiger partial charge in [-0.05, 0) is 55.5 Å². The van der Waals surface area contributed by atoms with Gasteiger partial charge in [0.25, 0.3) is 11.7 Å². The van der Waals surface area contributed by atoms with E-state index in [2.05, 4.69) is 5.32 Å². The van der Waals surface area contributed by atoms with E-state index < -0.39 is 47.2 Å². The SMILES string of the molecule is CCOC(=O)c1ccc(NC(=O)COc2ccc3c(=O)c(Oc4ccccc4Cl)c(C(F)(F)F)oc3c2)cc1. The number of fused-ring (bicyclic) bond motifs is 1. The first kappa shape index (κ1) is 27.5. The Morgan fingerprint density at radius 2 is 1.74 bits per heavy atom. The van der Waals surface area contributed by atoms with Crippen molar-refractivity contribution in [3.05, 3.63) is 93.3 Å². The average Bonchev–Trinajstić information content (AvgIpc) is 2.90. The van der Waals surface area contributed by atoms with Gasteiger partial charge >= 0.3 is 12.1 Å². The number of nitrogens with one attached hydrogen (secondary N) is 1. The van der Waals surface area contributed by atoms with Gasteiger partial charge in [-0.1, -0.05) is 23.7 Å². The molecule has 0 aliphatic heterocycles. The van der Waals surface area contributed by atoms with Gasteiger partial charge in [-0.15, -0.1) is 0 Å². The first-order chi connectivity index (χ1) is 18.6. The van der Waals surface area contributed by atoms with Crippen molar-refractivity contribution in [2.24, 2.45) is 0 Å². The summed E-state index contributed by atoms with van der Waals surface area (Å²) in [6.07, 6.45) is -5.07. The largest absolute Gasteiger partial charge is 0.484 e. The molecule has 0 saturated carbocycles. The highest BCUT2D eigenvalue weighted by molar-refractivity contribution is 6.32. The Morgan fingerprint density at radius 1 is 1.03 bits per heavy atom. The maximum Gasteiger partial charge on any atom is 0.453 e. The Bertz CT molecular complexity index is 1580. The van der Waals surface area contributed by atoms with E-state index in [1.54, 1.807) is 13.0 Å². The van der Waals surface area contributed by atoms with E-state index in [1.165, 1.54) is 54.6 Å². The van der Waals surface area contributed by atoms with Crippen molar-refractivity contribution in [3.8, 4) is 17.2 Å². The molecule has 4 aromatic rings. The van der Waals surface area contributed by atoms with E-state index in [9.17, 15) is 27.6 Å². The number of ether oxygens (including phenoxy) is 3. The van der Waals surface area contributed by atoms with Crippen LogP contribution in [0.1, 0.15) is 23.0 Å². The quantitative estimate of drug-likeness (QED) is 0.246. The minimum Gasteiger partial charge on any atom is -0.484 e. The monoisotopic (exact) mass is 561 g/mol. The normalized spacial score (nSPS) is 11.2. The minimum absolute atomic E-state index is 0.00193. The Labute approximate surface area is 223 Å². The summed E-state index contributed by atoms with van der Waals surface area (Å²) in [5, 5.41) is 2.35. The lowest BCUT2D eigenvalue weighted by atomic mass is 10.2. The van der Waals surface area contributed by atoms with Crippen LogP contribution in [0, 0.1) is 0 Å². The third-order valence-electron chi connectivity index (χ3n) is 5.18. The van der Waals surface area contributed by atoms with Crippen molar-refractivity contribution in [2.75, 3.05) is 18.5 Å². The Morgan fingerprint density at radius 3 is 2.41 bits per heavy atom. The molecular formula is C27H19ClF3NO7. The van der Waals surface area contributed by atoms with Crippen LogP contribution in [0.3, 0.4) is 0 Å². The topological polar surface area (TPSA) is 104 Å². The molecule has 0 radical (unpaired) electrons. The minimum atomic E-state index is -5.07. The van der Waals surface area contributed by atoms with Gasteiger partial charge in [0.1, 0.15) is 17.1 Å². The number of halogens is 4. The molecule has 3 aromatic carbocycles. The van der Waals surface area contributed by atoms with Crippen molar-refractivity contribution in [2.45, 2.75) is 13.1 Å². The van der Waals surface area contributed by atoms with Crippen LogP contribution < -0.4 is 20.2 Å². The molecule has 1 aromatic heterocycles. The third kappa shape index (κ3) is 6.50. The number of hydrogen-bond donors (Lipinski definition) is 1. The van der Waals surface area contributed by atoms with Gasteiger partial charge in [-0.3, -0.25) is 9.59 Å². The lowest BCUT2D eigenvalue weighted by Gasteiger charge is -2.14. The van der Waals surface area contributed by atoms with Gasteiger partial charge in [-0.25, -0.2) is 4.79 Å². The van der Waals surface area contributed by atoms with Gasteiger partial charge in [0.05, 0.1) is 22.6 Å². The third-order valence-corrected chi connectivity index (χ3v) is 5.49. The summed E-state index contributed by atoms with van der Waals surface area (Å²) in [7, 11) is 0. The number of benzene rings is 3. The molecule has 202 valence electrons. The van der Waals surface area contributed by atoms with E-state index in [1.807, 2.05) is 0 Å². The molecule has 1 heterocycles. The summed E-state index contributed by atoms with van der Waals surface area (Å²) in [4.78, 5) is 36.9. The molecule has 4 rings (SSSR count). The van der Waals surface area contributed by atoms with Crippen LogP contribution in [0.25, 0.3) is 11.0 Å². The molecule has 0 atom stereocenters. The number of rotatable bonds is 8. The molecule has 1 amide bonds. The number of carbonyl (C=O) groups is 2. The first-order valence-corrected chi connectivity index (χ1v) is 11.7. The number of amides is 1. The van der Waals surface area contributed by atoms with E-state index in [0.29, 0.717) is 11.3 Å². The second-order valence-corrected chi connectivity index (χ2v) is 8.32. The molecule has 0 fully saturated rings. The molecule has 0 unspecified atom stereocenters. The molecule has 0 saturated heterocycles. The predicted octanol–water partition coefficient (Wildman–Crippen LogP) is 6.45. The highest BCUT2D eigenvalue weighted by Gasteiger charge is 2.40. The zero-order valence-corrected chi connectivity index (χ0v) is 20.9. The molecule has 0 bridgehead atoms. The van der Waals surface area contributed by atoms with Gasteiger partial charge in [0, 0.05) is 11.8 Å².